The molecule has 0 aliphatic heterocycles. The number of aromatic nitrogens is 1. The van der Waals surface area contributed by atoms with E-state index in [0.717, 1.165) is 31.2 Å². The van der Waals surface area contributed by atoms with Crippen molar-refractivity contribution in [1.82, 2.24) is 15.0 Å². The summed E-state index contributed by atoms with van der Waals surface area (Å²) in [6.07, 6.45) is 8.07. The zero-order valence-electron chi connectivity index (χ0n) is 11.9. The molecular formula is C14H23N3O2S. The van der Waals surface area contributed by atoms with Crippen molar-refractivity contribution in [3.8, 4) is 0 Å². The predicted molar refractivity (Wildman–Crippen MR) is 78.8 cm³/mol. The van der Waals surface area contributed by atoms with Crippen LogP contribution in [0.5, 0.6) is 0 Å². The lowest BCUT2D eigenvalue weighted by Gasteiger charge is -2.16. The lowest BCUT2D eigenvalue weighted by molar-refractivity contribution is 0.508. The molecule has 0 saturated heterocycles. The number of nitrogens with zero attached hydrogens (tertiary/aromatic N) is 1. The Morgan fingerprint density at radius 1 is 1.20 bits per heavy atom. The number of sulfonamides is 1. The fourth-order valence-electron chi connectivity index (χ4n) is 2.56. The summed E-state index contributed by atoms with van der Waals surface area (Å²) in [7, 11) is -1.64. The van der Waals surface area contributed by atoms with Crippen molar-refractivity contribution in [1.29, 1.82) is 0 Å². The van der Waals surface area contributed by atoms with Crippen molar-refractivity contribution in [2.24, 2.45) is 0 Å². The van der Waals surface area contributed by atoms with Gasteiger partial charge in [-0.25, -0.2) is 18.1 Å². The molecule has 0 unspecified atom stereocenters. The van der Waals surface area contributed by atoms with Gasteiger partial charge in [-0.05, 0) is 31.5 Å². The van der Waals surface area contributed by atoms with Gasteiger partial charge >= 0.3 is 0 Å². The zero-order valence-corrected chi connectivity index (χ0v) is 12.7. The second kappa shape index (κ2) is 7.15. The van der Waals surface area contributed by atoms with Gasteiger partial charge in [0.15, 0.2) is 5.03 Å². The van der Waals surface area contributed by atoms with E-state index in [1.807, 2.05) is 7.05 Å². The van der Waals surface area contributed by atoms with Crippen LogP contribution in [0.25, 0.3) is 0 Å². The molecule has 0 spiro atoms. The Hall–Kier alpha value is -0.980. The highest BCUT2D eigenvalue weighted by atomic mass is 32.2. The van der Waals surface area contributed by atoms with Crippen molar-refractivity contribution in [2.75, 3.05) is 7.05 Å². The van der Waals surface area contributed by atoms with Crippen LogP contribution in [-0.2, 0) is 16.6 Å². The second-order valence-corrected chi connectivity index (χ2v) is 7.01. The number of nitrogens with one attached hydrogen (secondary N) is 2. The van der Waals surface area contributed by atoms with Gasteiger partial charge in [-0.2, -0.15) is 0 Å². The molecule has 0 aromatic carbocycles. The topological polar surface area (TPSA) is 71.1 Å². The van der Waals surface area contributed by atoms with Crippen molar-refractivity contribution in [3.05, 3.63) is 23.9 Å². The van der Waals surface area contributed by atoms with Crippen molar-refractivity contribution >= 4 is 10.0 Å². The van der Waals surface area contributed by atoms with Gasteiger partial charge in [0.05, 0.1) is 0 Å². The van der Waals surface area contributed by atoms with Gasteiger partial charge < -0.3 is 5.32 Å². The van der Waals surface area contributed by atoms with Crippen LogP contribution < -0.4 is 10.0 Å². The molecule has 0 bridgehead atoms. The SMILES string of the molecule is CNCc1ccc(S(=O)(=O)NC2CCCCCC2)nc1. The highest BCUT2D eigenvalue weighted by Crippen LogP contribution is 2.19. The average molecular weight is 297 g/mol. The third kappa shape index (κ3) is 4.26. The molecule has 1 saturated carbocycles. The van der Waals surface area contributed by atoms with Gasteiger partial charge in [0.1, 0.15) is 0 Å². The van der Waals surface area contributed by atoms with Gasteiger partial charge in [-0.15, -0.1) is 0 Å². The lowest BCUT2D eigenvalue weighted by Crippen LogP contribution is -2.34. The molecule has 6 heteroatoms. The summed E-state index contributed by atoms with van der Waals surface area (Å²) in [6, 6.07) is 3.43. The van der Waals surface area contributed by atoms with Crippen LogP contribution in [0.15, 0.2) is 23.4 Å². The number of hydrogen-bond acceptors (Lipinski definition) is 4. The molecule has 5 nitrogen and oxygen atoms in total. The van der Waals surface area contributed by atoms with Crippen molar-refractivity contribution < 1.29 is 8.42 Å². The summed E-state index contributed by atoms with van der Waals surface area (Å²) in [6.45, 7) is 0.684. The van der Waals surface area contributed by atoms with Gasteiger partial charge in [-0.1, -0.05) is 31.7 Å². The Labute approximate surface area is 121 Å². The highest BCUT2D eigenvalue weighted by Gasteiger charge is 2.21. The molecule has 112 valence electrons. The molecule has 0 atom stereocenters. The highest BCUT2D eigenvalue weighted by molar-refractivity contribution is 7.89. The van der Waals surface area contributed by atoms with Crippen LogP contribution in [0.4, 0.5) is 0 Å². The molecule has 1 fully saturated rings. The summed E-state index contributed by atoms with van der Waals surface area (Å²) in [5.74, 6) is 0. The Morgan fingerprint density at radius 2 is 1.90 bits per heavy atom. The smallest absolute Gasteiger partial charge is 0.258 e. The molecule has 2 rings (SSSR count). The lowest BCUT2D eigenvalue weighted by atomic mass is 10.1. The molecule has 1 aromatic heterocycles. The monoisotopic (exact) mass is 297 g/mol. The predicted octanol–water partition coefficient (Wildman–Crippen LogP) is 1.80. The molecule has 1 aromatic rings. The first kappa shape index (κ1) is 15.4. The first-order valence-corrected chi connectivity index (χ1v) is 8.72. The minimum atomic E-state index is -3.49. The molecule has 20 heavy (non-hydrogen) atoms. The van der Waals surface area contributed by atoms with Crippen molar-refractivity contribution in [3.63, 3.8) is 0 Å². The Bertz CT molecular complexity index is 506. The van der Waals surface area contributed by atoms with Crippen molar-refractivity contribution in [2.45, 2.75) is 56.1 Å². The zero-order chi connectivity index (χ0) is 14.4. The van der Waals surface area contributed by atoms with E-state index in [9.17, 15) is 8.42 Å². The molecule has 1 aliphatic carbocycles. The van der Waals surface area contributed by atoms with Crippen LogP contribution in [0.1, 0.15) is 44.1 Å². The van der Waals surface area contributed by atoms with Crippen LogP contribution in [0, 0.1) is 0 Å². The van der Waals surface area contributed by atoms with Gasteiger partial charge in [0.25, 0.3) is 10.0 Å². The molecule has 2 N–H and O–H groups in total. The maximum Gasteiger partial charge on any atom is 0.258 e. The van der Waals surface area contributed by atoms with Gasteiger partial charge in [-0.3, -0.25) is 0 Å². The third-order valence-electron chi connectivity index (χ3n) is 3.63. The van der Waals surface area contributed by atoms with E-state index in [0.29, 0.717) is 6.54 Å². The summed E-state index contributed by atoms with van der Waals surface area (Å²) in [5, 5.41) is 3.12. The molecule has 0 radical (unpaired) electrons. The number of pyridine rings is 1. The maximum absolute atomic E-state index is 12.3. The standard InChI is InChI=1S/C14H23N3O2S/c1-15-10-12-8-9-14(16-11-12)20(18,19)17-13-6-4-2-3-5-7-13/h8-9,11,13,15,17H,2-7,10H2,1H3. The number of hydrogen-bond donors (Lipinski definition) is 2. The third-order valence-corrected chi connectivity index (χ3v) is 5.07. The summed E-state index contributed by atoms with van der Waals surface area (Å²) >= 11 is 0. The first-order valence-electron chi connectivity index (χ1n) is 7.24. The van der Waals surface area contributed by atoms with E-state index in [1.165, 1.54) is 12.8 Å². The minimum absolute atomic E-state index is 0.0567. The van der Waals surface area contributed by atoms with Crippen LogP contribution in [0.2, 0.25) is 0 Å². The molecular weight excluding hydrogens is 274 g/mol. The quantitative estimate of drug-likeness (QED) is 0.813. The van der Waals surface area contributed by atoms with E-state index >= 15 is 0 Å². The van der Waals surface area contributed by atoms with Crippen LogP contribution in [0.3, 0.4) is 0 Å². The maximum atomic E-state index is 12.3. The molecule has 0 amide bonds. The van der Waals surface area contributed by atoms with Gasteiger partial charge in [0, 0.05) is 18.8 Å². The van der Waals surface area contributed by atoms with E-state index in [2.05, 4.69) is 15.0 Å². The summed E-state index contributed by atoms with van der Waals surface area (Å²) in [5.41, 5.74) is 0.973. The molecule has 1 aliphatic rings. The summed E-state index contributed by atoms with van der Waals surface area (Å²) in [4.78, 5) is 4.07. The van der Waals surface area contributed by atoms with Gasteiger partial charge in [0.2, 0.25) is 0 Å². The van der Waals surface area contributed by atoms with Crippen LogP contribution in [-0.4, -0.2) is 26.5 Å². The first-order chi connectivity index (χ1) is 9.62. The van der Waals surface area contributed by atoms with E-state index in [4.69, 9.17) is 0 Å². The Morgan fingerprint density at radius 3 is 2.45 bits per heavy atom. The van der Waals surface area contributed by atoms with E-state index < -0.39 is 10.0 Å². The fraction of sp³-hybridized carbons (Fsp3) is 0.643. The normalized spacial score (nSPS) is 17.9. The Balaban J connectivity index is 2.05. The fourth-order valence-corrected chi connectivity index (χ4v) is 3.79. The van der Waals surface area contributed by atoms with Crippen LogP contribution >= 0.6 is 0 Å². The Kier molecular flexibility index (Phi) is 5.51. The van der Waals surface area contributed by atoms with E-state index in [-0.39, 0.29) is 11.1 Å². The molecule has 1 heterocycles. The number of rotatable bonds is 5. The second-order valence-electron chi connectivity index (χ2n) is 5.34. The minimum Gasteiger partial charge on any atom is -0.316 e. The largest absolute Gasteiger partial charge is 0.316 e. The summed E-state index contributed by atoms with van der Waals surface area (Å²) < 4.78 is 27.4. The average Bonchev–Trinajstić information content (AvgIpc) is 2.68. The van der Waals surface area contributed by atoms with E-state index in [1.54, 1.807) is 18.3 Å².